The second-order valence-electron chi connectivity index (χ2n) is 5.33. The highest BCUT2D eigenvalue weighted by Crippen LogP contribution is 2.31. The zero-order valence-electron chi connectivity index (χ0n) is 9.23. The van der Waals surface area contributed by atoms with Gasteiger partial charge >= 0.3 is 0 Å². The lowest BCUT2D eigenvalue weighted by Gasteiger charge is -2.33. The second kappa shape index (κ2) is 4.63. The molecule has 0 aliphatic heterocycles. The average Bonchev–Trinajstić information content (AvgIpc) is 2.97. The van der Waals surface area contributed by atoms with Gasteiger partial charge in [0, 0.05) is 12.1 Å². The molecule has 0 bridgehead atoms. The molecule has 2 fully saturated rings. The van der Waals surface area contributed by atoms with Gasteiger partial charge in [-0.2, -0.15) is 0 Å². The van der Waals surface area contributed by atoms with Crippen LogP contribution in [0.5, 0.6) is 0 Å². The van der Waals surface area contributed by atoms with Gasteiger partial charge in [0.15, 0.2) is 0 Å². The molecule has 0 heterocycles. The van der Waals surface area contributed by atoms with Gasteiger partial charge in [-0.05, 0) is 31.7 Å². The van der Waals surface area contributed by atoms with Crippen molar-refractivity contribution < 1.29 is 0 Å². The number of nitrogens with one attached hydrogen (secondary N) is 1. The highest BCUT2D eigenvalue weighted by molar-refractivity contribution is 4.89. The number of hydrogen-bond acceptors (Lipinski definition) is 2. The van der Waals surface area contributed by atoms with E-state index in [1.807, 2.05) is 0 Å². The monoisotopic (exact) mass is 196 g/mol. The van der Waals surface area contributed by atoms with Crippen LogP contribution in [0, 0.1) is 5.92 Å². The summed E-state index contributed by atoms with van der Waals surface area (Å²) < 4.78 is 0. The van der Waals surface area contributed by atoms with Gasteiger partial charge in [0.05, 0.1) is 0 Å². The van der Waals surface area contributed by atoms with E-state index in [1.54, 1.807) is 0 Å². The van der Waals surface area contributed by atoms with Gasteiger partial charge in [0.25, 0.3) is 0 Å². The van der Waals surface area contributed by atoms with Gasteiger partial charge < -0.3 is 11.1 Å². The summed E-state index contributed by atoms with van der Waals surface area (Å²) in [6.45, 7) is 2.23. The van der Waals surface area contributed by atoms with Crippen LogP contribution in [0.2, 0.25) is 0 Å². The van der Waals surface area contributed by atoms with Crippen molar-refractivity contribution in [3.63, 3.8) is 0 Å². The Balaban J connectivity index is 1.57. The molecule has 14 heavy (non-hydrogen) atoms. The van der Waals surface area contributed by atoms with Crippen molar-refractivity contribution in [1.82, 2.24) is 5.32 Å². The predicted octanol–water partition coefficient (Wildman–Crippen LogP) is 2.04. The van der Waals surface area contributed by atoms with E-state index in [2.05, 4.69) is 5.32 Å². The van der Waals surface area contributed by atoms with Gasteiger partial charge in [-0.3, -0.25) is 0 Å². The van der Waals surface area contributed by atoms with Crippen LogP contribution in [0.15, 0.2) is 0 Å². The maximum Gasteiger partial charge on any atom is 0.0280 e. The van der Waals surface area contributed by atoms with E-state index in [0.717, 1.165) is 12.5 Å². The Hall–Kier alpha value is -0.0800. The van der Waals surface area contributed by atoms with Crippen LogP contribution in [0.25, 0.3) is 0 Å². The molecule has 82 valence electrons. The predicted molar refractivity (Wildman–Crippen MR) is 60.2 cm³/mol. The van der Waals surface area contributed by atoms with Crippen molar-refractivity contribution in [1.29, 1.82) is 0 Å². The Kier molecular flexibility index (Phi) is 3.45. The molecule has 0 aromatic heterocycles. The molecule has 2 nitrogen and oxygen atoms in total. The Labute approximate surface area is 87.6 Å². The molecule has 3 N–H and O–H groups in total. The van der Waals surface area contributed by atoms with E-state index < -0.39 is 0 Å². The Morgan fingerprint density at radius 1 is 1.14 bits per heavy atom. The molecule has 2 saturated carbocycles. The maximum absolute atomic E-state index is 6.33. The lowest BCUT2D eigenvalue weighted by atomic mass is 9.82. The third kappa shape index (κ3) is 3.25. The van der Waals surface area contributed by atoms with Crippen LogP contribution in [-0.4, -0.2) is 18.6 Å². The normalized spacial score (nSPS) is 26.4. The van der Waals surface area contributed by atoms with Crippen LogP contribution in [0.1, 0.15) is 51.4 Å². The van der Waals surface area contributed by atoms with Crippen LogP contribution in [-0.2, 0) is 0 Å². The van der Waals surface area contributed by atoms with Crippen LogP contribution < -0.4 is 11.1 Å². The fourth-order valence-corrected chi connectivity index (χ4v) is 2.48. The SMILES string of the molecule is NC1(CNCCC2CC2)CCCCC1. The number of hydrogen-bond donors (Lipinski definition) is 2. The zero-order valence-corrected chi connectivity index (χ0v) is 9.23. The van der Waals surface area contributed by atoms with E-state index in [4.69, 9.17) is 5.73 Å². The summed E-state index contributed by atoms with van der Waals surface area (Å²) in [6, 6.07) is 0. The van der Waals surface area contributed by atoms with E-state index in [1.165, 1.54) is 57.9 Å². The molecule has 0 atom stereocenters. The lowest BCUT2D eigenvalue weighted by molar-refractivity contribution is 0.283. The molecule has 0 unspecified atom stereocenters. The highest BCUT2D eigenvalue weighted by Gasteiger charge is 2.27. The smallest absolute Gasteiger partial charge is 0.0280 e. The molecule has 0 radical (unpaired) electrons. The number of nitrogens with two attached hydrogens (primary N) is 1. The third-order valence-corrected chi connectivity index (χ3v) is 3.75. The van der Waals surface area contributed by atoms with Crippen molar-refractivity contribution >= 4 is 0 Å². The summed E-state index contributed by atoms with van der Waals surface area (Å²) in [5.41, 5.74) is 6.46. The Morgan fingerprint density at radius 3 is 2.50 bits per heavy atom. The molecule has 0 amide bonds. The quantitative estimate of drug-likeness (QED) is 0.660. The molecule has 2 aliphatic carbocycles. The molecule has 2 heteroatoms. The second-order valence-corrected chi connectivity index (χ2v) is 5.33. The van der Waals surface area contributed by atoms with Crippen molar-refractivity contribution in [3.05, 3.63) is 0 Å². The topological polar surface area (TPSA) is 38.0 Å². The van der Waals surface area contributed by atoms with Crippen LogP contribution in [0.4, 0.5) is 0 Å². The summed E-state index contributed by atoms with van der Waals surface area (Å²) >= 11 is 0. The molecule has 0 saturated heterocycles. The first kappa shape index (κ1) is 10.4. The fraction of sp³-hybridized carbons (Fsp3) is 1.00. The van der Waals surface area contributed by atoms with Crippen molar-refractivity contribution in [3.8, 4) is 0 Å². The summed E-state index contributed by atoms with van der Waals surface area (Å²) in [5, 5.41) is 3.54. The first-order chi connectivity index (χ1) is 6.79. The molecular weight excluding hydrogens is 172 g/mol. The molecule has 0 aromatic carbocycles. The Bertz CT molecular complexity index is 169. The van der Waals surface area contributed by atoms with Gasteiger partial charge in [-0.1, -0.05) is 32.1 Å². The minimum atomic E-state index is 0.127. The number of rotatable bonds is 5. The van der Waals surface area contributed by atoms with E-state index in [9.17, 15) is 0 Å². The fourth-order valence-electron chi connectivity index (χ4n) is 2.48. The van der Waals surface area contributed by atoms with Crippen LogP contribution in [0.3, 0.4) is 0 Å². The van der Waals surface area contributed by atoms with E-state index in [0.29, 0.717) is 0 Å². The van der Waals surface area contributed by atoms with Crippen LogP contribution >= 0.6 is 0 Å². The molecule has 2 aliphatic rings. The van der Waals surface area contributed by atoms with Gasteiger partial charge in [-0.25, -0.2) is 0 Å². The molecular formula is C12H24N2. The lowest BCUT2D eigenvalue weighted by Crippen LogP contribution is -2.50. The average molecular weight is 196 g/mol. The summed E-state index contributed by atoms with van der Waals surface area (Å²) in [6.07, 6.45) is 10.8. The van der Waals surface area contributed by atoms with Gasteiger partial charge in [0.2, 0.25) is 0 Å². The standard InChI is InChI=1S/C12H24N2/c13-12(7-2-1-3-8-12)10-14-9-6-11-4-5-11/h11,14H,1-10,13H2. The molecule has 0 spiro atoms. The largest absolute Gasteiger partial charge is 0.324 e. The van der Waals surface area contributed by atoms with Gasteiger partial charge in [-0.15, -0.1) is 0 Å². The maximum atomic E-state index is 6.33. The minimum Gasteiger partial charge on any atom is -0.324 e. The van der Waals surface area contributed by atoms with Crippen molar-refractivity contribution in [2.24, 2.45) is 11.7 Å². The van der Waals surface area contributed by atoms with Crippen molar-refractivity contribution in [2.45, 2.75) is 56.9 Å². The summed E-state index contributed by atoms with van der Waals surface area (Å²) in [4.78, 5) is 0. The summed E-state index contributed by atoms with van der Waals surface area (Å²) in [7, 11) is 0. The first-order valence-corrected chi connectivity index (χ1v) is 6.28. The summed E-state index contributed by atoms with van der Waals surface area (Å²) in [5.74, 6) is 1.04. The highest BCUT2D eigenvalue weighted by atomic mass is 14.9. The van der Waals surface area contributed by atoms with E-state index in [-0.39, 0.29) is 5.54 Å². The zero-order chi connectivity index (χ0) is 9.86. The Morgan fingerprint density at radius 2 is 1.86 bits per heavy atom. The first-order valence-electron chi connectivity index (χ1n) is 6.28. The third-order valence-electron chi connectivity index (χ3n) is 3.75. The van der Waals surface area contributed by atoms with E-state index >= 15 is 0 Å². The minimum absolute atomic E-state index is 0.127. The van der Waals surface area contributed by atoms with Crippen molar-refractivity contribution in [2.75, 3.05) is 13.1 Å². The molecule has 0 aromatic rings. The molecule has 2 rings (SSSR count). The van der Waals surface area contributed by atoms with Gasteiger partial charge in [0.1, 0.15) is 0 Å².